The Balaban J connectivity index is 1.97. The topological polar surface area (TPSA) is 66.9 Å². The summed E-state index contributed by atoms with van der Waals surface area (Å²) in [6.45, 7) is 2.87. The molecule has 0 aliphatic carbocycles. The second-order valence-corrected chi connectivity index (χ2v) is 8.15. The van der Waals surface area contributed by atoms with Gasteiger partial charge in [0.15, 0.2) is 6.10 Å². The second kappa shape index (κ2) is 7.25. The van der Waals surface area contributed by atoms with Gasteiger partial charge in [-0.1, -0.05) is 23.2 Å². The highest BCUT2D eigenvalue weighted by Gasteiger charge is 2.29. The largest absolute Gasteiger partial charge is 0.479 e. The molecule has 1 aromatic rings. The second-order valence-electron chi connectivity index (χ2n) is 5.32. The molecule has 1 aromatic carbocycles. The normalized spacial score (nSPS) is 17.8. The Hall–Kier alpha value is -1.02. The first kappa shape index (κ1) is 18.3. The standard InChI is InChI=1S/C14H18Cl2N2O4S/c1-10(22-13-9-11(15)3-4-12(13)16)14(19)17-5-7-18(8-6-17)23(2,20)21/h3-4,9-10H,5-8H2,1-2H3/t10-/m0/s1. The number of halogens is 2. The molecule has 6 nitrogen and oxygen atoms in total. The van der Waals surface area contributed by atoms with Crippen molar-refractivity contribution in [1.29, 1.82) is 0 Å². The smallest absolute Gasteiger partial charge is 0.263 e. The fourth-order valence-corrected chi connectivity index (χ4v) is 3.46. The van der Waals surface area contributed by atoms with E-state index in [4.69, 9.17) is 27.9 Å². The Bertz CT molecular complexity index is 688. The van der Waals surface area contributed by atoms with Crippen molar-refractivity contribution in [3.05, 3.63) is 28.2 Å². The van der Waals surface area contributed by atoms with Crippen molar-refractivity contribution in [1.82, 2.24) is 9.21 Å². The van der Waals surface area contributed by atoms with Crippen molar-refractivity contribution in [2.75, 3.05) is 32.4 Å². The van der Waals surface area contributed by atoms with Crippen LogP contribution in [0.2, 0.25) is 10.0 Å². The highest BCUT2D eigenvalue weighted by Crippen LogP contribution is 2.28. The number of piperazine rings is 1. The van der Waals surface area contributed by atoms with Crippen LogP contribution in [-0.4, -0.2) is 62.1 Å². The lowest BCUT2D eigenvalue weighted by Gasteiger charge is -2.34. The molecule has 0 unspecified atom stereocenters. The van der Waals surface area contributed by atoms with Gasteiger partial charge in [-0.3, -0.25) is 4.79 Å². The monoisotopic (exact) mass is 380 g/mol. The third kappa shape index (κ3) is 4.73. The number of rotatable bonds is 4. The van der Waals surface area contributed by atoms with E-state index in [1.807, 2.05) is 0 Å². The molecule has 0 saturated carbocycles. The lowest BCUT2D eigenvalue weighted by atomic mass is 10.2. The summed E-state index contributed by atoms with van der Waals surface area (Å²) in [6.07, 6.45) is 0.424. The zero-order chi connectivity index (χ0) is 17.2. The van der Waals surface area contributed by atoms with E-state index in [0.29, 0.717) is 28.9 Å². The molecule has 1 fully saturated rings. The van der Waals surface area contributed by atoms with Crippen LogP contribution in [0.25, 0.3) is 0 Å². The van der Waals surface area contributed by atoms with Crippen LogP contribution >= 0.6 is 23.2 Å². The zero-order valence-corrected chi connectivity index (χ0v) is 15.2. The molecule has 0 N–H and O–H groups in total. The minimum Gasteiger partial charge on any atom is -0.479 e. The average molecular weight is 381 g/mol. The van der Waals surface area contributed by atoms with Crippen molar-refractivity contribution >= 4 is 39.1 Å². The molecule has 1 heterocycles. The van der Waals surface area contributed by atoms with Gasteiger partial charge in [0.2, 0.25) is 10.0 Å². The first-order valence-electron chi connectivity index (χ1n) is 7.04. The summed E-state index contributed by atoms with van der Waals surface area (Å²) in [7, 11) is -3.22. The third-order valence-corrected chi connectivity index (χ3v) is 5.41. The minimum absolute atomic E-state index is 0.214. The number of hydrogen-bond donors (Lipinski definition) is 0. The Morgan fingerprint density at radius 3 is 2.39 bits per heavy atom. The van der Waals surface area contributed by atoms with E-state index < -0.39 is 16.1 Å². The molecule has 0 spiro atoms. The molecule has 1 atom stereocenters. The lowest BCUT2D eigenvalue weighted by Crippen LogP contribution is -2.53. The molecule has 128 valence electrons. The van der Waals surface area contributed by atoms with Crippen LogP contribution in [0.3, 0.4) is 0 Å². The maximum atomic E-state index is 12.4. The Morgan fingerprint density at radius 1 is 1.22 bits per heavy atom. The first-order chi connectivity index (χ1) is 10.7. The van der Waals surface area contributed by atoms with Gasteiger partial charge in [0.1, 0.15) is 5.75 Å². The van der Waals surface area contributed by atoms with Crippen LogP contribution in [0.4, 0.5) is 0 Å². The van der Waals surface area contributed by atoms with Gasteiger partial charge in [-0.25, -0.2) is 8.42 Å². The molecule has 0 radical (unpaired) electrons. The number of benzene rings is 1. The lowest BCUT2D eigenvalue weighted by molar-refractivity contribution is -0.139. The van der Waals surface area contributed by atoms with Crippen LogP contribution in [0.1, 0.15) is 6.92 Å². The van der Waals surface area contributed by atoms with Crippen molar-refractivity contribution in [2.45, 2.75) is 13.0 Å². The summed E-state index contributed by atoms with van der Waals surface area (Å²) >= 11 is 11.9. The summed E-state index contributed by atoms with van der Waals surface area (Å²) in [4.78, 5) is 14.0. The summed E-state index contributed by atoms with van der Waals surface area (Å²) in [6, 6.07) is 4.78. The predicted molar refractivity (Wildman–Crippen MR) is 89.5 cm³/mol. The highest BCUT2D eigenvalue weighted by atomic mass is 35.5. The van der Waals surface area contributed by atoms with Crippen molar-refractivity contribution in [2.24, 2.45) is 0 Å². The molecule has 23 heavy (non-hydrogen) atoms. The van der Waals surface area contributed by atoms with Gasteiger partial charge < -0.3 is 9.64 Å². The van der Waals surface area contributed by atoms with Crippen molar-refractivity contribution < 1.29 is 17.9 Å². The highest BCUT2D eigenvalue weighted by molar-refractivity contribution is 7.88. The molecule has 0 bridgehead atoms. The van der Waals surface area contributed by atoms with Crippen molar-refractivity contribution in [3.8, 4) is 5.75 Å². The number of carbonyl (C=O) groups excluding carboxylic acids is 1. The van der Waals surface area contributed by atoms with Gasteiger partial charge in [-0.2, -0.15) is 4.31 Å². The van der Waals surface area contributed by atoms with Gasteiger partial charge in [0, 0.05) is 37.3 Å². The Morgan fingerprint density at radius 2 is 1.83 bits per heavy atom. The number of ether oxygens (including phenoxy) is 1. The van der Waals surface area contributed by atoms with E-state index in [0.717, 1.165) is 6.26 Å². The first-order valence-corrected chi connectivity index (χ1v) is 9.64. The number of hydrogen-bond acceptors (Lipinski definition) is 4. The molecule has 1 aliphatic heterocycles. The van der Waals surface area contributed by atoms with Crippen LogP contribution in [0.5, 0.6) is 5.75 Å². The maximum absolute atomic E-state index is 12.4. The number of amides is 1. The number of carbonyl (C=O) groups is 1. The molecular formula is C14H18Cl2N2O4S. The number of nitrogens with zero attached hydrogens (tertiary/aromatic N) is 2. The van der Waals surface area contributed by atoms with Crippen molar-refractivity contribution in [3.63, 3.8) is 0 Å². The summed E-state index contributed by atoms with van der Waals surface area (Å²) < 4.78 is 29.9. The zero-order valence-electron chi connectivity index (χ0n) is 12.8. The summed E-state index contributed by atoms with van der Waals surface area (Å²) in [5, 5.41) is 0.835. The average Bonchev–Trinajstić information content (AvgIpc) is 2.49. The van der Waals surface area contributed by atoms with Gasteiger partial charge in [0.25, 0.3) is 5.91 Å². The fraction of sp³-hybridized carbons (Fsp3) is 0.500. The fourth-order valence-electron chi connectivity index (χ4n) is 2.31. The van der Waals surface area contributed by atoms with Gasteiger partial charge in [-0.15, -0.1) is 0 Å². The Labute approximate surface area is 146 Å². The van der Waals surface area contributed by atoms with Crippen LogP contribution in [0.15, 0.2) is 18.2 Å². The maximum Gasteiger partial charge on any atom is 0.263 e. The molecule has 2 rings (SSSR count). The predicted octanol–water partition coefficient (Wildman–Crippen LogP) is 1.86. The molecule has 1 saturated heterocycles. The SMILES string of the molecule is C[C@H](Oc1cc(Cl)ccc1Cl)C(=O)N1CCN(S(C)(=O)=O)CC1. The minimum atomic E-state index is -3.22. The van der Waals surface area contributed by atoms with E-state index >= 15 is 0 Å². The molecule has 0 aromatic heterocycles. The van der Waals surface area contributed by atoms with E-state index in [9.17, 15) is 13.2 Å². The van der Waals surface area contributed by atoms with Gasteiger partial charge in [-0.05, 0) is 19.1 Å². The van der Waals surface area contributed by atoms with Gasteiger partial charge >= 0.3 is 0 Å². The van der Waals surface area contributed by atoms with Crippen LogP contribution in [0, 0.1) is 0 Å². The quantitative estimate of drug-likeness (QED) is 0.799. The van der Waals surface area contributed by atoms with E-state index in [2.05, 4.69) is 0 Å². The Kier molecular flexibility index (Phi) is 5.78. The van der Waals surface area contributed by atoms with Crippen LogP contribution in [-0.2, 0) is 14.8 Å². The summed E-state index contributed by atoms with van der Waals surface area (Å²) in [5.41, 5.74) is 0. The summed E-state index contributed by atoms with van der Waals surface area (Å²) in [5.74, 6) is 0.129. The van der Waals surface area contributed by atoms with Crippen LogP contribution < -0.4 is 4.74 Å². The molecular weight excluding hydrogens is 363 g/mol. The van der Waals surface area contributed by atoms with E-state index in [1.54, 1.807) is 30.0 Å². The molecule has 1 aliphatic rings. The van der Waals surface area contributed by atoms with E-state index in [-0.39, 0.29) is 19.0 Å². The van der Waals surface area contributed by atoms with E-state index in [1.165, 1.54) is 4.31 Å². The third-order valence-electron chi connectivity index (χ3n) is 3.56. The molecule has 1 amide bonds. The number of sulfonamides is 1. The molecule has 9 heteroatoms. The van der Waals surface area contributed by atoms with Gasteiger partial charge in [0.05, 0.1) is 11.3 Å².